The summed E-state index contributed by atoms with van der Waals surface area (Å²) in [6, 6.07) is 20.2. The molecule has 0 spiro atoms. The number of benzene rings is 2. The summed E-state index contributed by atoms with van der Waals surface area (Å²) in [5.41, 5.74) is 4.38. The molecule has 1 atom stereocenters. The Morgan fingerprint density at radius 2 is 1.84 bits per heavy atom. The molecule has 0 radical (unpaired) electrons. The molecule has 0 bridgehead atoms. The number of para-hydroxylation sites is 1. The Bertz CT molecular complexity index is 1270. The number of nitrogens with zero attached hydrogens (tertiary/aromatic N) is 4. The first-order valence-electron chi connectivity index (χ1n) is 10.2. The molecule has 0 saturated heterocycles. The van der Waals surface area contributed by atoms with Gasteiger partial charge in [0.2, 0.25) is 0 Å². The second-order valence-corrected chi connectivity index (χ2v) is 7.63. The number of amides is 1. The fourth-order valence-corrected chi connectivity index (χ4v) is 3.91. The number of fused-ring (bicyclic) bond motifs is 2. The number of carbonyl (C=O) groups is 1. The normalized spacial score (nSPS) is 14.1. The molecule has 1 aliphatic rings. The third kappa shape index (κ3) is 3.44. The number of anilines is 2. The third-order valence-electron chi connectivity index (χ3n) is 5.51. The minimum absolute atomic E-state index is 0.147. The van der Waals surface area contributed by atoms with Gasteiger partial charge in [-0.25, -0.2) is 15.0 Å². The van der Waals surface area contributed by atoms with Crippen LogP contribution in [-0.2, 0) is 0 Å². The molecule has 4 aromatic rings. The number of carbonyl (C=O) groups excluding carboxylic acids is 1. The lowest BCUT2D eigenvalue weighted by atomic mass is 9.98. The molecule has 0 saturated carbocycles. The molecule has 7 nitrogen and oxygen atoms in total. The van der Waals surface area contributed by atoms with Crippen LogP contribution in [0.25, 0.3) is 22.2 Å². The van der Waals surface area contributed by atoms with Gasteiger partial charge in [-0.1, -0.05) is 48.5 Å². The highest BCUT2D eigenvalue weighted by molar-refractivity contribution is 6.04. The van der Waals surface area contributed by atoms with E-state index < -0.39 is 0 Å². The highest BCUT2D eigenvalue weighted by Gasteiger charge is 2.27. The van der Waals surface area contributed by atoms with E-state index in [0.29, 0.717) is 23.9 Å². The van der Waals surface area contributed by atoms with Crippen LogP contribution in [0, 0.1) is 0 Å². The standard InChI is InChI=1S/C24H22N6O/c1-15(28-22-20-23(26-13-25-22)30(2)14-27-24(20)31)18-12-17-10-6-7-11-19(17)29-21(18)16-8-4-3-5-9-16/h3-13,15H,14H2,1-2H3,(H,27,31)(H,25,26,28). The number of hydrogen-bond acceptors (Lipinski definition) is 6. The lowest BCUT2D eigenvalue weighted by molar-refractivity contribution is 0.0948. The number of nitrogens with one attached hydrogen (secondary N) is 2. The predicted molar refractivity (Wildman–Crippen MR) is 122 cm³/mol. The van der Waals surface area contributed by atoms with E-state index in [1.807, 2.05) is 48.3 Å². The van der Waals surface area contributed by atoms with Crippen molar-refractivity contribution in [2.75, 3.05) is 23.9 Å². The van der Waals surface area contributed by atoms with E-state index in [0.717, 1.165) is 27.7 Å². The Balaban J connectivity index is 1.60. The largest absolute Gasteiger partial charge is 0.363 e. The van der Waals surface area contributed by atoms with Crippen molar-refractivity contribution in [3.8, 4) is 11.3 Å². The molecule has 3 heterocycles. The van der Waals surface area contributed by atoms with Gasteiger partial charge in [0.1, 0.15) is 23.5 Å². The van der Waals surface area contributed by atoms with Crippen molar-refractivity contribution in [3.63, 3.8) is 0 Å². The minimum atomic E-state index is -0.177. The maximum absolute atomic E-state index is 12.6. The monoisotopic (exact) mass is 410 g/mol. The zero-order valence-electron chi connectivity index (χ0n) is 17.3. The molecule has 2 aromatic heterocycles. The number of hydrogen-bond donors (Lipinski definition) is 2. The molecule has 7 heteroatoms. The Morgan fingerprint density at radius 1 is 1.06 bits per heavy atom. The summed E-state index contributed by atoms with van der Waals surface area (Å²) in [5, 5.41) is 7.35. The van der Waals surface area contributed by atoms with Gasteiger partial charge in [-0.15, -0.1) is 0 Å². The van der Waals surface area contributed by atoms with Crippen LogP contribution in [-0.4, -0.2) is 34.6 Å². The molecule has 1 unspecified atom stereocenters. The van der Waals surface area contributed by atoms with Crippen molar-refractivity contribution in [2.45, 2.75) is 13.0 Å². The molecule has 0 aliphatic carbocycles. The Labute approximate surface area is 180 Å². The van der Waals surface area contributed by atoms with Gasteiger partial charge >= 0.3 is 0 Å². The molecular weight excluding hydrogens is 388 g/mol. The average Bonchev–Trinajstić information content (AvgIpc) is 2.81. The summed E-state index contributed by atoms with van der Waals surface area (Å²) >= 11 is 0. The molecule has 2 aromatic carbocycles. The van der Waals surface area contributed by atoms with Crippen LogP contribution in [0.15, 0.2) is 67.0 Å². The van der Waals surface area contributed by atoms with E-state index in [-0.39, 0.29) is 11.9 Å². The fraction of sp³-hybridized carbons (Fsp3) is 0.167. The number of rotatable bonds is 4. The molecule has 1 aliphatic heterocycles. The van der Waals surface area contributed by atoms with Gasteiger partial charge < -0.3 is 15.5 Å². The Kier molecular flexibility index (Phi) is 4.71. The fourth-order valence-electron chi connectivity index (χ4n) is 3.91. The van der Waals surface area contributed by atoms with Crippen LogP contribution in [0.3, 0.4) is 0 Å². The summed E-state index contributed by atoms with van der Waals surface area (Å²) in [7, 11) is 1.89. The van der Waals surface area contributed by atoms with Gasteiger partial charge in [0.15, 0.2) is 0 Å². The molecular formula is C24H22N6O. The van der Waals surface area contributed by atoms with Gasteiger partial charge in [-0.3, -0.25) is 4.79 Å². The second-order valence-electron chi connectivity index (χ2n) is 7.63. The minimum Gasteiger partial charge on any atom is -0.363 e. The summed E-state index contributed by atoms with van der Waals surface area (Å²) in [5.74, 6) is 0.949. The van der Waals surface area contributed by atoms with E-state index in [1.54, 1.807) is 0 Å². The first-order chi connectivity index (χ1) is 15.1. The summed E-state index contributed by atoms with van der Waals surface area (Å²) in [6.45, 7) is 2.47. The van der Waals surface area contributed by atoms with Gasteiger partial charge in [-0.2, -0.15) is 0 Å². The number of aromatic nitrogens is 3. The lowest BCUT2D eigenvalue weighted by Crippen LogP contribution is -2.42. The number of pyridine rings is 1. The molecule has 0 fully saturated rings. The first kappa shape index (κ1) is 19.0. The Hall–Kier alpha value is -4.00. The highest BCUT2D eigenvalue weighted by Crippen LogP contribution is 2.33. The quantitative estimate of drug-likeness (QED) is 0.529. The second kappa shape index (κ2) is 7.68. The molecule has 154 valence electrons. The topological polar surface area (TPSA) is 83.0 Å². The third-order valence-corrected chi connectivity index (χ3v) is 5.51. The van der Waals surface area contributed by atoms with Crippen LogP contribution < -0.4 is 15.5 Å². The van der Waals surface area contributed by atoms with Gasteiger partial charge in [-0.05, 0) is 19.1 Å². The maximum atomic E-state index is 12.6. The average molecular weight is 410 g/mol. The lowest BCUT2D eigenvalue weighted by Gasteiger charge is -2.28. The van der Waals surface area contributed by atoms with Crippen molar-refractivity contribution in [2.24, 2.45) is 0 Å². The smallest absolute Gasteiger partial charge is 0.260 e. The van der Waals surface area contributed by atoms with Gasteiger partial charge in [0.25, 0.3) is 5.91 Å². The van der Waals surface area contributed by atoms with Gasteiger partial charge in [0.05, 0.1) is 23.9 Å². The van der Waals surface area contributed by atoms with Crippen LogP contribution >= 0.6 is 0 Å². The summed E-state index contributed by atoms with van der Waals surface area (Å²) in [4.78, 5) is 28.1. The summed E-state index contributed by atoms with van der Waals surface area (Å²) < 4.78 is 0. The molecule has 2 N–H and O–H groups in total. The van der Waals surface area contributed by atoms with E-state index in [4.69, 9.17) is 4.98 Å². The van der Waals surface area contributed by atoms with Crippen molar-refractivity contribution in [1.82, 2.24) is 20.3 Å². The van der Waals surface area contributed by atoms with E-state index in [1.165, 1.54) is 6.33 Å². The highest BCUT2D eigenvalue weighted by atomic mass is 16.2. The van der Waals surface area contributed by atoms with Crippen molar-refractivity contribution in [3.05, 3.63) is 78.1 Å². The van der Waals surface area contributed by atoms with Crippen LogP contribution in [0.4, 0.5) is 11.6 Å². The zero-order valence-corrected chi connectivity index (χ0v) is 17.3. The van der Waals surface area contributed by atoms with Crippen molar-refractivity contribution < 1.29 is 4.79 Å². The van der Waals surface area contributed by atoms with Gasteiger partial charge in [0, 0.05) is 23.6 Å². The predicted octanol–water partition coefficient (Wildman–Crippen LogP) is 4.00. The van der Waals surface area contributed by atoms with E-state index >= 15 is 0 Å². The van der Waals surface area contributed by atoms with Crippen LogP contribution in [0.1, 0.15) is 28.9 Å². The first-order valence-corrected chi connectivity index (χ1v) is 10.2. The van der Waals surface area contributed by atoms with E-state index in [2.05, 4.69) is 51.8 Å². The van der Waals surface area contributed by atoms with Crippen molar-refractivity contribution >= 4 is 28.4 Å². The van der Waals surface area contributed by atoms with E-state index in [9.17, 15) is 4.79 Å². The zero-order chi connectivity index (χ0) is 21.4. The molecule has 31 heavy (non-hydrogen) atoms. The Morgan fingerprint density at radius 3 is 2.68 bits per heavy atom. The van der Waals surface area contributed by atoms with Crippen molar-refractivity contribution in [1.29, 1.82) is 0 Å². The molecule has 1 amide bonds. The molecule has 5 rings (SSSR count). The SMILES string of the molecule is CC(Nc1ncnc2c1C(=O)NCN2C)c1cc2ccccc2nc1-c1ccccc1. The van der Waals surface area contributed by atoms with Crippen LogP contribution in [0.2, 0.25) is 0 Å². The maximum Gasteiger partial charge on any atom is 0.260 e. The van der Waals surface area contributed by atoms with Crippen LogP contribution in [0.5, 0.6) is 0 Å². The summed E-state index contributed by atoms with van der Waals surface area (Å²) in [6.07, 6.45) is 1.49.